The molecule has 1 heterocycles. The number of hydrogen-bond acceptors (Lipinski definition) is 1. The predicted octanol–water partition coefficient (Wildman–Crippen LogP) is 2.80. The van der Waals surface area contributed by atoms with Crippen molar-refractivity contribution in [1.29, 1.82) is 0 Å². The molecule has 2 rings (SSSR count). The molecule has 1 saturated heterocycles. The molecule has 1 aromatic rings. The van der Waals surface area contributed by atoms with Crippen molar-refractivity contribution in [2.45, 2.75) is 12.3 Å². The van der Waals surface area contributed by atoms with Gasteiger partial charge in [-0.25, -0.2) is 8.78 Å². The summed E-state index contributed by atoms with van der Waals surface area (Å²) < 4.78 is 26.7. The van der Waals surface area contributed by atoms with Gasteiger partial charge >= 0.3 is 0 Å². The zero-order chi connectivity index (χ0) is 10.1. The second kappa shape index (κ2) is 3.95. The SMILES string of the molecule is Fc1cc(F)c(C2CCNC2)cc1Br. The smallest absolute Gasteiger partial charge is 0.140 e. The van der Waals surface area contributed by atoms with E-state index in [4.69, 9.17) is 0 Å². The highest BCUT2D eigenvalue weighted by Gasteiger charge is 2.21. The molecule has 0 aliphatic carbocycles. The van der Waals surface area contributed by atoms with E-state index in [1.165, 1.54) is 0 Å². The zero-order valence-electron chi connectivity index (χ0n) is 7.49. The third kappa shape index (κ3) is 1.81. The molecule has 4 heteroatoms. The van der Waals surface area contributed by atoms with Gasteiger partial charge < -0.3 is 5.32 Å². The van der Waals surface area contributed by atoms with Gasteiger partial charge in [-0.2, -0.15) is 0 Å². The number of hydrogen-bond donors (Lipinski definition) is 1. The summed E-state index contributed by atoms with van der Waals surface area (Å²) in [5.41, 5.74) is 0.600. The first-order valence-corrected chi connectivity index (χ1v) is 5.33. The Morgan fingerprint density at radius 3 is 2.71 bits per heavy atom. The second-order valence-electron chi connectivity index (χ2n) is 3.48. The first-order chi connectivity index (χ1) is 6.68. The lowest BCUT2D eigenvalue weighted by Gasteiger charge is -2.10. The second-order valence-corrected chi connectivity index (χ2v) is 4.33. The highest BCUT2D eigenvalue weighted by molar-refractivity contribution is 9.10. The van der Waals surface area contributed by atoms with E-state index in [0.29, 0.717) is 10.0 Å². The molecular weight excluding hydrogens is 252 g/mol. The van der Waals surface area contributed by atoms with Gasteiger partial charge in [-0.3, -0.25) is 0 Å². The van der Waals surface area contributed by atoms with E-state index in [1.54, 1.807) is 6.07 Å². The molecule has 1 unspecified atom stereocenters. The van der Waals surface area contributed by atoms with Crippen LogP contribution in [0.25, 0.3) is 0 Å². The summed E-state index contributed by atoms with van der Waals surface area (Å²) in [5, 5.41) is 3.16. The molecule has 1 N–H and O–H groups in total. The van der Waals surface area contributed by atoms with Crippen molar-refractivity contribution in [3.05, 3.63) is 33.8 Å². The molecule has 0 amide bonds. The monoisotopic (exact) mass is 261 g/mol. The average molecular weight is 262 g/mol. The van der Waals surface area contributed by atoms with E-state index in [9.17, 15) is 8.78 Å². The van der Waals surface area contributed by atoms with Crippen LogP contribution in [-0.4, -0.2) is 13.1 Å². The maximum Gasteiger partial charge on any atom is 0.140 e. The predicted molar refractivity (Wildman–Crippen MR) is 54.3 cm³/mol. The van der Waals surface area contributed by atoms with Crippen molar-refractivity contribution in [3.8, 4) is 0 Å². The number of benzene rings is 1. The summed E-state index contributed by atoms with van der Waals surface area (Å²) in [5.74, 6) is -0.816. The summed E-state index contributed by atoms with van der Waals surface area (Å²) in [6.45, 7) is 1.67. The Morgan fingerprint density at radius 2 is 2.07 bits per heavy atom. The van der Waals surface area contributed by atoms with Gasteiger partial charge in [-0.1, -0.05) is 0 Å². The topological polar surface area (TPSA) is 12.0 Å². The van der Waals surface area contributed by atoms with Crippen LogP contribution < -0.4 is 5.32 Å². The molecule has 14 heavy (non-hydrogen) atoms. The van der Waals surface area contributed by atoms with Gasteiger partial charge in [0.15, 0.2) is 0 Å². The van der Waals surface area contributed by atoms with E-state index in [1.807, 2.05) is 0 Å². The van der Waals surface area contributed by atoms with Crippen LogP contribution in [0.15, 0.2) is 16.6 Å². The van der Waals surface area contributed by atoms with Crippen LogP contribution in [0.3, 0.4) is 0 Å². The number of nitrogens with one attached hydrogen (secondary N) is 1. The minimum absolute atomic E-state index is 0.173. The lowest BCUT2D eigenvalue weighted by Crippen LogP contribution is -2.09. The quantitative estimate of drug-likeness (QED) is 0.767. The minimum atomic E-state index is -0.544. The van der Waals surface area contributed by atoms with E-state index in [2.05, 4.69) is 21.2 Å². The van der Waals surface area contributed by atoms with Crippen molar-refractivity contribution in [1.82, 2.24) is 5.32 Å². The maximum absolute atomic E-state index is 13.4. The highest BCUT2D eigenvalue weighted by Crippen LogP contribution is 2.29. The average Bonchev–Trinajstić information content (AvgIpc) is 2.64. The third-order valence-electron chi connectivity index (χ3n) is 2.54. The summed E-state index contributed by atoms with van der Waals surface area (Å²) in [6.07, 6.45) is 0.912. The maximum atomic E-state index is 13.4. The van der Waals surface area contributed by atoms with E-state index >= 15 is 0 Å². The van der Waals surface area contributed by atoms with Gasteiger partial charge in [0, 0.05) is 18.5 Å². The first kappa shape index (κ1) is 10.1. The van der Waals surface area contributed by atoms with Crippen molar-refractivity contribution < 1.29 is 8.78 Å². The molecular formula is C10H10BrF2N. The van der Waals surface area contributed by atoms with Gasteiger partial charge in [-0.15, -0.1) is 0 Å². The number of halogens is 3. The highest BCUT2D eigenvalue weighted by atomic mass is 79.9. The fourth-order valence-corrected chi connectivity index (χ4v) is 2.13. The van der Waals surface area contributed by atoms with Gasteiger partial charge in [0.2, 0.25) is 0 Å². The van der Waals surface area contributed by atoms with Crippen molar-refractivity contribution in [3.63, 3.8) is 0 Å². The Bertz CT molecular complexity index is 348. The normalized spacial score (nSPS) is 21.5. The molecule has 1 aliphatic rings. The summed E-state index contributed by atoms with van der Waals surface area (Å²) in [4.78, 5) is 0. The van der Waals surface area contributed by atoms with Crippen LogP contribution in [0, 0.1) is 11.6 Å². The molecule has 0 bridgehead atoms. The lowest BCUT2D eigenvalue weighted by atomic mass is 9.98. The summed E-state index contributed by atoms with van der Waals surface area (Å²) in [7, 11) is 0. The Hall–Kier alpha value is -0.480. The van der Waals surface area contributed by atoms with Gasteiger partial charge in [-0.05, 0) is 40.5 Å². The van der Waals surface area contributed by atoms with Gasteiger partial charge in [0.25, 0.3) is 0 Å². The van der Waals surface area contributed by atoms with E-state index in [-0.39, 0.29) is 5.92 Å². The molecule has 1 aliphatic heterocycles. The molecule has 1 atom stereocenters. The number of rotatable bonds is 1. The molecule has 0 spiro atoms. The Balaban J connectivity index is 2.37. The van der Waals surface area contributed by atoms with Crippen LogP contribution in [-0.2, 0) is 0 Å². The lowest BCUT2D eigenvalue weighted by molar-refractivity contribution is 0.555. The van der Waals surface area contributed by atoms with Crippen LogP contribution >= 0.6 is 15.9 Å². The van der Waals surface area contributed by atoms with Crippen LogP contribution in [0.2, 0.25) is 0 Å². The van der Waals surface area contributed by atoms with Gasteiger partial charge in [0.05, 0.1) is 4.47 Å². The zero-order valence-corrected chi connectivity index (χ0v) is 9.07. The molecule has 0 radical (unpaired) electrons. The van der Waals surface area contributed by atoms with E-state index in [0.717, 1.165) is 25.6 Å². The molecule has 0 saturated carbocycles. The Kier molecular flexibility index (Phi) is 2.83. The van der Waals surface area contributed by atoms with E-state index < -0.39 is 11.6 Å². The van der Waals surface area contributed by atoms with Crippen LogP contribution in [0.1, 0.15) is 17.9 Å². The summed E-state index contributed by atoms with van der Waals surface area (Å²) >= 11 is 3.07. The van der Waals surface area contributed by atoms with Crippen molar-refractivity contribution in [2.24, 2.45) is 0 Å². The molecule has 1 nitrogen and oxygen atoms in total. The van der Waals surface area contributed by atoms with Crippen LogP contribution in [0.5, 0.6) is 0 Å². The molecule has 0 aromatic heterocycles. The molecule has 1 aromatic carbocycles. The minimum Gasteiger partial charge on any atom is -0.316 e. The molecule has 76 valence electrons. The third-order valence-corrected chi connectivity index (χ3v) is 3.15. The first-order valence-electron chi connectivity index (χ1n) is 4.53. The van der Waals surface area contributed by atoms with Crippen LogP contribution in [0.4, 0.5) is 8.78 Å². The Morgan fingerprint density at radius 1 is 1.29 bits per heavy atom. The van der Waals surface area contributed by atoms with Gasteiger partial charge in [0.1, 0.15) is 11.6 Å². The Labute approximate surface area is 89.6 Å². The fourth-order valence-electron chi connectivity index (χ4n) is 1.77. The molecule has 1 fully saturated rings. The largest absolute Gasteiger partial charge is 0.316 e. The standard InChI is InChI=1S/C10H10BrF2N/c11-8-3-7(6-1-2-14-5-6)9(12)4-10(8)13/h3-4,6,14H,1-2,5H2. The fraction of sp³-hybridized carbons (Fsp3) is 0.400. The van der Waals surface area contributed by atoms with Crippen molar-refractivity contribution >= 4 is 15.9 Å². The summed E-state index contributed by atoms with van der Waals surface area (Å²) in [6, 6.07) is 2.49. The van der Waals surface area contributed by atoms with Crippen molar-refractivity contribution in [2.75, 3.05) is 13.1 Å².